The van der Waals surface area contributed by atoms with Gasteiger partial charge in [-0.1, -0.05) is 57.9 Å². The molecule has 1 aliphatic heterocycles. The summed E-state index contributed by atoms with van der Waals surface area (Å²) >= 11 is 3.36. The summed E-state index contributed by atoms with van der Waals surface area (Å²) < 4.78 is 3.28. The lowest BCUT2D eigenvalue weighted by molar-refractivity contribution is -0.122. The first kappa shape index (κ1) is 21.4. The molecule has 0 radical (unpaired) electrons. The number of nitrogens with zero attached hydrogens (tertiary/aromatic N) is 3. The Bertz CT molecular complexity index is 1380. The van der Waals surface area contributed by atoms with Gasteiger partial charge in [-0.3, -0.25) is 9.59 Å². The third-order valence-electron chi connectivity index (χ3n) is 6.40. The van der Waals surface area contributed by atoms with Crippen molar-refractivity contribution in [3.05, 3.63) is 97.3 Å². The van der Waals surface area contributed by atoms with E-state index in [-0.39, 0.29) is 24.8 Å². The van der Waals surface area contributed by atoms with Crippen molar-refractivity contribution in [2.24, 2.45) is 11.8 Å². The van der Waals surface area contributed by atoms with Gasteiger partial charge in [0.25, 0.3) is 0 Å². The molecule has 2 aliphatic rings. The predicted octanol–water partition coefficient (Wildman–Crippen LogP) is 2.85. The van der Waals surface area contributed by atoms with Crippen LogP contribution in [0.1, 0.15) is 24.9 Å². The normalized spacial score (nSPS) is 22.4. The maximum Gasteiger partial charge on any atom is 0.347 e. The van der Waals surface area contributed by atoms with Gasteiger partial charge in [0, 0.05) is 4.47 Å². The van der Waals surface area contributed by atoms with Gasteiger partial charge < -0.3 is 0 Å². The molecule has 0 bridgehead atoms. The number of allylic oxidation sites excluding steroid dienone is 1. The number of hydrogen-bond acceptors (Lipinski definition) is 4. The van der Waals surface area contributed by atoms with Crippen molar-refractivity contribution >= 4 is 33.4 Å². The summed E-state index contributed by atoms with van der Waals surface area (Å²) in [6.45, 7) is 1.97. The van der Waals surface area contributed by atoms with E-state index in [1.54, 1.807) is 30.3 Å². The fourth-order valence-corrected chi connectivity index (χ4v) is 4.97. The SMILES string of the molecule is CC1=C[C@@H]2C(=O)N(c3ccc(Br)cc3)C(=O)[C@@H]2C[C@H]1n1[nH]c(=O)n(Cc2ccccc2)c1=O. The van der Waals surface area contributed by atoms with Crippen LogP contribution in [-0.4, -0.2) is 26.2 Å². The van der Waals surface area contributed by atoms with Crippen molar-refractivity contribution in [1.82, 2.24) is 14.3 Å². The van der Waals surface area contributed by atoms with Gasteiger partial charge in [-0.2, -0.15) is 0 Å². The molecule has 3 aromatic rings. The molecule has 5 rings (SSSR count). The van der Waals surface area contributed by atoms with Crippen LogP contribution in [0.2, 0.25) is 0 Å². The zero-order chi connectivity index (χ0) is 23.3. The number of halogens is 1. The number of aromatic nitrogens is 3. The molecule has 168 valence electrons. The number of carbonyl (C=O) groups excluding carboxylic acids is 2. The van der Waals surface area contributed by atoms with Crippen molar-refractivity contribution in [2.75, 3.05) is 4.90 Å². The molecule has 1 aromatic heterocycles. The number of rotatable bonds is 4. The molecule has 2 aromatic carbocycles. The maximum atomic E-state index is 13.2. The van der Waals surface area contributed by atoms with Gasteiger partial charge in [-0.25, -0.2) is 28.8 Å². The Morgan fingerprint density at radius 3 is 2.36 bits per heavy atom. The molecule has 1 aliphatic carbocycles. The van der Waals surface area contributed by atoms with Crippen LogP contribution in [0.3, 0.4) is 0 Å². The van der Waals surface area contributed by atoms with E-state index in [0.717, 1.165) is 20.2 Å². The van der Waals surface area contributed by atoms with E-state index < -0.39 is 29.3 Å². The monoisotopic (exact) mass is 508 g/mol. The molecular weight excluding hydrogens is 488 g/mol. The Kier molecular flexibility index (Phi) is 5.28. The predicted molar refractivity (Wildman–Crippen MR) is 126 cm³/mol. The van der Waals surface area contributed by atoms with Crippen LogP contribution in [0.25, 0.3) is 0 Å². The number of fused-ring (bicyclic) bond motifs is 1. The maximum absolute atomic E-state index is 13.2. The number of benzene rings is 2. The number of carbonyl (C=O) groups is 2. The van der Waals surface area contributed by atoms with Gasteiger partial charge in [0.15, 0.2) is 0 Å². The van der Waals surface area contributed by atoms with Crippen molar-refractivity contribution in [3.8, 4) is 0 Å². The Labute approximate surface area is 197 Å². The summed E-state index contributed by atoms with van der Waals surface area (Å²) in [6, 6.07) is 15.7. The van der Waals surface area contributed by atoms with Gasteiger partial charge in [-0.05, 0) is 43.2 Å². The van der Waals surface area contributed by atoms with E-state index in [2.05, 4.69) is 21.0 Å². The van der Waals surface area contributed by atoms with Crippen LogP contribution in [-0.2, 0) is 16.1 Å². The molecule has 0 saturated carbocycles. The smallest absolute Gasteiger partial charge is 0.274 e. The highest BCUT2D eigenvalue weighted by molar-refractivity contribution is 9.10. The van der Waals surface area contributed by atoms with Crippen molar-refractivity contribution in [3.63, 3.8) is 0 Å². The number of amides is 2. The Balaban J connectivity index is 1.46. The van der Waals surface area contributed by atoms with Gasteiger partial charge >= 0.3 is 11.4 Å². The molecular formula is C24H21BrN4O4. The second-order valence-electron chi connectivity index (χ2n) is 8.42. The summed E-state index contributed by atoms with van der Waals surface area (Å²) in [6.07, 6.45) is 2.02. The molecule has 2 amide bonds. The number of anilines is 1. The number of H-pyrrole nitrogens is 1. The average molecular weight is 509 g/mol. The highest BCUT2D eigenvalue weighted by atomic mass is 79.9. The topological polar surface area (TPSA) is 97.2 Å². The molecule has 0 spiro atoms. The summed E-state index contributed by atoms with van der Waals surface area (Å²) in [5, 5.41) is 2.64. The van der Waals surface area contributed by atoms with Crippen LogP contribution in [0.5, 0.6) is 0 Å². The summed E-state index contributed by atoms with van der Waals surface area (Å²) in [5.74, 6) is -1.73. The standard InChI is InChI=1S/C24H21BrN4O4/c1-14-11-18-19(22(31)28(21(18)30)17-9-7-16(25)8-10-17)12-20(14)29-24(33)27(23(32)26-29)13-15-5-3-2-4-6-15/h2-11,18-20H,12-13H2,1H3,(H,26,32)/t18-,19+,20+/m0/s1. The summed E-state index contributed by atoms with van der Waals surface area (Å²) in [7, 11) is 0. The second kappa shape index (κ2) is 8.15. The minimum Gasteiger partial charge on any atom is -0.274 e. The second-order valence-corrected chi connectivity index (χ2v) is 9.34. The van der Waals surface area contributed by atoms with Crippen LogP contribution < -0.4 is 16.3 Å². The zero-order valence-corrected chi connectivity index (χ0v) is 19.4. The van der Waals surface area contributed by atoms with Crippen molar-refractivity contribution in [1.29, 1.82) is 0 Å². The first-order chi connectivity index (χ1) is 15.8. The van der Waals surface area contributed by atoms with Crippen LogP contribution in [0.4, 0.5) is 5.69 Å². The minimum atomic E-state index is -0.595. The first-order valence-corrected chi connectivity index (χ1v) is 11.4. The van der Waals surface area contributed by atoms with Crippen molar-refractivity contribution < 1.29 is 9.59 Å². The summed E-state index contributed by atoms with van der Waals surface area (Å²) in [4.78, 5) is 53.2. The molecule has 33 heavy (non-hydrogen) atoms. The number of imide groups is 1. The molecule has 2 heterocycles. The quantitative estimate of drug-likeness (QED) is 0.432. The van der Waals surface area contributed by atoms with E-state index in [0.29, 0.717) is 5.69 Å². The van der Waals surface area contributed by atoms with Crippen LogP contribution in [0.15, 0.2) is 80.3 Å². The van der Waals surface area contributed by atoms with E-state index >= 15 is 0 Å². The lowest BCUT2D eigenvalue weighted by Crippen LogP contribution is -2.35. The Morgan fingerprint density at radius 2 is 1.67 bits per heavy atom. The van der Waals surface area contributed by atoms with E-state index in [1.807, 2.05) is 37.3 Å². The van der Waals surface area contributed by atoms with Crippen molar-refractivity contribution in [2.45, 2.75) is 25.9 Å². The largest absolute Gasteiger partial charge is 0.347 e. The van der Waals surface area contributed by atoms with Gasteiger partial charge in [-0.15, -0.1) is 0 Å². The Hall–Kier alpha value is -3.46. The lowest BCUT2D eigenvalue weighted by atomic mass is 9.80. The highest BCUT2D eigenvalue weighted by Gasteiger charge is 2.50. The Morgan fingerprint density at radius 1 is 0.970 bits per heavy atom. The molecule has 1 saturated heterocycles. The molecule has 9 heteroatoms. The average Bonchev–Trinajstić information content (AvgIpc) is 3.21. The molecule has 1 fully saturated rings. The highest BCUT2D eigenvalue weighted by Crippen LogP contribution is 2.42. The number of nitrogens with one attached hydrogen (secondary N) is 1. The van der Waals surface area contributed by atoms with Crippen LogP contribution in [0, 0.1) is 11.8 Å². The molecule has 3 atom stereocenters. The molecule has 8 nitrogen and oxygen atoms in total. The van der Waals surface area contributed by atoms with E-state index in [4.69, 9.17) is 0 Å². The van der Waals surface area contributed by atoms with Gasteiger partial charge in [0.05, 0.1) is 30.1 Å². The number of hydrogen-bond donors (Lipinski definition) is 1. The number of aromatic amines is 1. The van der Waals surface area contributed by atoms with Crippen LogP contribution >= 0.6 is 15.9 Å². The van der Waals surface area contributed by atoms with Gasteiger partial charge in [0.1, 0.15) is 0 Å². The zero-order valence-electron chi connectivity index (χ0n) is 17.8. The molecule has 1 N–H and O–H groups in total. The third kappa shape index (κ3) is 3.62. The fraction of sp³-hybridized carbons (Fsp3) is 0.250. The first-order valence-electron chi connectivity index (χ1n) is 10.6. The third-order valence-corrected chi connectivity index (χ3v) is 6.93. The fourth-order valence-electron chi connectivity index (χ4n) is 4.70. The summed E-state index contributed by atoms with van der Waals surface area (Å²) in [5.41, 5.74) is 1.14. The molecule has 0 unspecified atom stereocenters. The van der Waals surface area contributed by atoms with E-state index in [9.17, 15) is 19.2 Å². The minimum absolute atomic E-state index is 0.151. The lowest BCUT2D eigenvalue weighted by Gasteiger charge is -2.27. The van der Waals surface area contributed by atoms with E-state index in [1.165, 1.54) is 9.58 Å². The van der Waals surface area contributed by atoms with Gasteiger partial charge in [0.2, 0.25) is 11.8 Å².